The Morgan fingerprint density at radius 3 is 1.75 bits per heavy atom. The normalized spacial score (nSPS) is 17.1. The maximum atomic E-state index is 2.44. The first-order valence-corrected chi connectivity index (χ1v) is 7.60. The predicted octanol–water partition coefficient (Wildman–Crippen LogP) is 6.06. The molecule has 0 radical (unpaired) electrons. The van der Waals surface area contributed by atoms with E-state index in [2.05, 4.69) is 34.6 Å². The summed E-state index contributed by atoms with van der Waals surface area (Å²) in [6.45, 7) is 11.9. The van der Waals surface area contributed by atoms with E-state index in [1.54, 1.807) is 0 Å². The lowest BCUT2D eigenvalue weighted by Gasteiger charge is -2.18. The third-order valence-electron chi connectivity index (χ3n) is 3.79. The van der Waals surface area contributed by atoms with Gasteiger partial charge >= 0.3 is 0 Å². The lowest BCUT2D eigenvalue weighted by Crippen LogP contribution is -2.05. The molecule has 0 saturated heterocycles. The van der Waals surface area contributed by atoms with E-state index in [9.17, 15) is 0 Å². The Morgan fingerprint density at radius 1 is 0.625 bits per heavy atom. The van der Waals surface area contributed by atoms with Crippen LogP contribution in [0.4, 0.5) is 0 Å². The van der Waals surface area contributed by atoms with Gasteiger partial charge in [0.2, 0.25) is 0 Å². The second-order valence-electron chi connectivity index (χ2n) is 6.06. The Bertz CT molecular complexity index is 139. The van der Waals surface area contributed by atoms with Crippen molar-refractivity contribution in [3.05, 3.63) is 0 Å². The van der Waals surface area contributed by atoms with E-state index in [1.807, 2.05) is 0 Å². The van der Waals surface area contributed by atoms with E-state index in [0.717, 1.165) is 17.8 Å². The van der Waals surface area contributed by atoms with E-state index < -0.39 is 0 Å². The number of hydrogen-bond donors (Lipinski definition) is 0. The van der Waals surface area contributed by atoms with Crippen LogP contribution in [0.5, 0.6) is 0 Å². The molecule has 0 aliphatic carbocycles. The summed E-state index contributed by atoms with van der Waals surface area (Å²) in [6.07, 6.45) is 11.3. The van der Waals surface area contributed by atoms with Crippen molar-refractivity contribution in [2.45, 2.75) is 86.0 Å². The molecule has 0 saturated carbocycles. The summed E-state index contributed by atoms with van der Waals surface area (Å²) >= 11 is 0. The molecule has 0 heteroatoms. The van der Waals surface area contributed by atoms with E-state index in [1.165, 1.54) is 51.4 Å². The maximum absolute atomic E-state index is 2.44. The number of rotatable bonds is 10. The van der Waals surface area contributed by atoms with Crippen LogP contribution in [0.3, 0.4) is 0 Å². The molecule has 0 aliphatic rings. The first kappa shape index (κ1) is 16.0. The lowest BCUT2D eigenvalue weighted by molar-refractivity contribution is 0.339. The molecule has 0 aromatic heterocycles. The molecule has 98 valence electrons. The zero-order valence-corrected chi connectivity index (χ0v) is 12.4. The monoisotopic (exact) mass is 226 g/mol. The van der Waals surface area contributed by atoms with Gasteiger partial charge in [0, 0.05) is 0 Å². The van der Waals surface area contributed by atoms with E-state index in [0.29, 0.717) is 0 Å². The summed E-state index contributed by atoms with van der Waals surface area (Å²) < 4.78 is 0. The van der Waals surface area contributed by atoms with Gasteiger partial charge in [-0.25, -0.2) is 0 Å². The Hall–Kier alpha value is 0. The first-order valence-electron chi connectivity index (χ1n) is 7.60. The topological polar surface area (TPSA) is 0 Å². The fourth-order valence-corrected chi connectivity index (χ4v) is 2.68. The molecule has 0 fully saturated rings. The van der Waals surface area contributed by atoms with Gasteiger partial charge in [0.25, 0.3) is 0 Å². The zero-order valence-electron chi connectivity index (χ0n) is 12.4. The molecule has 0 aromatic carbocycles. The second-order valence-corrected chi connectivity index (χ2v) is 6.06. The summed E-state index contributed by atoms with van der Waals surface area (Å²) in [6, 6.07) is 0. The second kappa shape index (κ2) is 10.2. The highest BCUT2D eigenvalue weighted by atomic mass is 14.2. The highest BCUT2D eigenvalue weighted by molar-refractivity contribution is 4.62. The molecule has 0 rings (SSSR count). The molecule has 0 heterocycles. The van der Waals surface area contributed by atoms with Crippen molar-refractivity contribution in [2.24, 2.45) is 17.8 Å². The molecule has 0 aromatic rings. The Balaban J connectivity index is 3.51. The van der Waals surface area contributed by atoms with Gasteiger partial charge in [-0.1, -0.05) is 79.6 Å². The Morgan fingerprint density at radius 2 is 1.19 bits per heavy atom. The smallest absolute Gasteiger partial charge is 0.0440 e. The van der Waals surface area contributed by atoms with Gasteiger partial charge in [0.05, 0.1) is 0 Å². The van der Waals surface area contributed by atoms with Crippen molar-refractivity contribution in [3.63, 3.8) is 0 Å². The van der Waals surface area contributed by atoms with Crippen LogP contribution >= 0.6 is 0 Å². The van der Waals surface area contributed by atoms with Crippen LogP contribution < -0.4 is 0 Å². The maximum Gasteiger partial charge on any atom is -0.0440 e. The highest BCUT2D eigenvalue weighted by Crippen LogP contribution is 2.23. The van der Waals surface area contributed by atoms with Crippen molar-refractivity contribution >= 4 is 0 Å². The Labute approximate surface area is 104 Å². The van der Waals surface area contributed by atoms with Gasteiger partial charge < -0.3 is 0 Å². The summed E-state index contributed by atoms with van der Waals surface area (Å²) in [5.74, 6) is 2.82. The summed E-state index contributed by atoms with van der Waals surface area (Å²) in [4.78, 5) is 0. The third kappa shape index (κ3) is 9.24. The lowest BCUT2D eigenvalue weighted by atomic mass is 9.88. The van der Waals surface area contributed by atoms with Crippen LogP contribution in [0, 0.1) is 17.8 Å². The van der Waals surface area contributed by atoms with Crippen LogP contribution in [0.25, 0.3) is 0 Å². The fourth-order valence-electron chi connectivity index (χ4n) is 2.68. The van der Waals surface area contributed by atoms with Crippen LogP contribution in [0.2, 0.25) is 0 Å². The minimum absolute atomic E-state index is 0.936. The van der Waals surface area contributed by atoms with Crippen LogP contribution in [-0.2, 0) is 0 Å². The van der Waals surface area contributed by atoms with Gasteiger partial charge in [-0.15, -0.1) is 0 Å². The van der Waals surface area contributed by atoms with Crippen molar-refractivity contribution in [1.82, 2.24) is 0 Å². The molecule has 3 unspecified atom stereocenters. The largest absolute Gasteiger partial charge is 0.0654 e. The van der Waals surface area contributed by atoms with Crippen LogP contribution in [0.1, 0.15) is 86.0 Å². The van der Waals surface area contributed by atoms with E-state index >= 15 is 0 Å². The molecule has 16 heavy (non-hydrogen) atoms. The highest BCUT2D eigenvalue weighted by Gasteiger charge is 2.10. The molecule has 0 N–H and O–H groups in total. The van der Waals surface area contributed by atoms with Crippen LogP contribution in [0.15, 0.2) is 0 Å². The van der Waals surface area contributed by atoms with Crippen molar-refractivity contribution < 1.29 is 0 Å². The van der Waals surface area contributed by atoms with Gasteiger partial charge in [-0.05, 0) is 24.2 Å². The zero-order chi connectivity index (χ0) is 12.4. The van der Waals surface area contributed by atoms with Gasteiger partial charge in [0.1, 0.15) is 0 Å². The standard InChI is InChI=1S/C16H34/c1-6-8-10-14(3)11-12-16(5)13-15(4)9-7-2/h14-16H,6-13H2,1-5H3. The molecule has 0 amide bonds. The quantitative estimate of drug-likeness (QED) is 0.425. The molecule has 0 spiro atoms. The summed E-state index contributed by atoms with van der Waals surface area (Å²) in [5, 5.41) is 0. The number of hydrogen-bond acceptors (Lipinski definition) is 0. The molecular formula is C16H34. The Kier molecular flexibility index (Phi) is 10.2. The van der Waals surface area contributed by atoms with Crippen molar-refractivity contribution in [2.75, 3.05) is 0 Å². The van der Waals surface area contributed by atoms with Gasteiger partial charge in [-0.3, -0.25) is 0 Å². The molecular weight excluding hydrogens is 192 g/mol. The third-order valence-corrected chi connectivity index (χ3v) is 3.79. The van der Waals surface area contributed by atoms with E-state index in [4.69, 9.17) is 0 Å². The molecule has 0 bridgehead atoms. The molecule has 0 nitrogen and oxygen atoms in total. The fraction of sp³-hybridized carbons (Fsp3) is 1.00. The van der Waals surface area contributed by atoms with Crippen LogP contribution in [-0.4, -0.2) is 0 Å². The van der Waals surface area contributed by atoms with Crippen molar-refractivity contribution in [3.8, 4) is 0 Å². The van der Waals surface area contributed by atoms with E-state index in [-0.39, 0.29) is 0 Å². The average Bonchev–Trinajstić information content (AvgIpc) is 2.23. The number of unbranched alkanes of at least 4 members (excludes halogenated alkanes) is 1. The molecule has 3 atom stereocenters. The van der Waals surface area contributed by atoms with Gasteiger partial charge in [0.15, 0.2) is 0 Å². The first-order chi connectivity index (χ1) is 7.60. The minimum atomic E-state index is 0.936. The van der Waals surface area contributed by atoms with Gasteiger partial charge in [-0.2, -0.15) is 0 Å². The minimum Gasteiger partial charge on any atom is -0.0654 e. The summed E-state index contributed by atoms with van der Waals surface area (Å²) in [7, 11) is 0. The SMILES string of the molecule is CCCCC(C)CCC(C)CC(C)CCC. The predicted molar refractivity (Wildman–Crippen MR) is 75.8 cm³/mol. The molecule has 0 aliphatic heterocycles. The van der Waals surface area contributed by atoms with Crippen molar-refractivity contribution in [1.29, 1.82) is 0 Å². The average molecular weight is 226 g/mol. The summed E-state index contributed by atoms with van der Waals surface area (Å²) in [5.41, 5.74) is 0.